The number of anilines is 1. The minimum Gasteiger partial charge on any atom is -0.489 e. The largest absolute Gasteiger partial charge is 0.489 e. The zero-order chi connectivity index (χ0) is 21.6. The maximum absolute atomic E-state index is 11.9. The van der Waals surface area contributed by atoms with E-state index >= 15 is 0 Å². The van der Waals surface area contributed by atoms with Crippen molar-refractivity contribution in [3.8, 4) is 11.8 Å². The highest BCUT2D eigenvalue weighted by Gasteiger charge is 2.29. The lowest BCUT2D eigenvalue weighted by Crippen LogP contribution is -2.17. The number of thiophene rings is 1. The molecule has 2 aromatic carbocycles. The van der Waals surface area contributed by atoms with Gasteiger partial charge in [-0.3, -0.25) is 0 Å². The molecule has 4 rings (SSSR count). The van der Waals surface area contributed by atoms with Gasteiger partial charge < -0.3 is 14.4 Å². The van der Waals surface area contributed by atoms with Gasteiger partial charge in [0.1, 0.15) is 12.4 Å². The number of carbonyl (C=O) groups is 1. The Morgan fingerprint density at radius 2 is 2.00 bits per heavy atom. The fourth-order valence-corrected chi connectivity index (χ4v) is 4.25. The number of benzene rings is 2. The number of nitriles is 1. The van der Waals surface area contributed by atoms with Gasteiger partial charge in [0.2, 0.25) is 0 Å². The Morgan fingerprint density at radius 3 is 2.71 bits per heavy atom. The van der Waals surface area contributed by atoms with Crippen molar-refractivity contribution in [2.75, 3.05) is 18.1 Å². The van der Waals surface area contributed by atoms with E-state index in [0.717, 1.165) is 22.6 Å². The zero-order valence-electron chi connectivity index (χ0n) is 17.2. The average molecular weight is 431 g/mol. The number of rotatable bonds is 7. The molecule has 0 saturated heterocycles. The second-order valence-corrected chi connectivity index (χ2v) is 7.91. The minimum absolute atomic E-state index is 0.0894. The van der Waals surface area contributed by atoms with Crippen LogP contribution in [0.4, 0.5) is 5.69 Å². The van der Waals surface area contributed by atoms with E-state index in [9.17, 15) is 10.1 Å². The van der Waals surface area contributed by atoms with Gasteiger partial charge in [0, 0.05) is 29.9 Å². The highest BCUT2D eigenvalue weighted by Crippen LogP contribution is 2.38. The van der Waals surface area contributed by atoms with E-state index in [2.05, 4.69) is 11.4 Å². The lowest BCUT2D eigenvalue weighted by molar-refractivity contribution is 0.0526. The quantitative estimate of drug-likeness (QED) is 0.462. The van der Waals surface area contributed by atoms with Crippen LogP contribution in [-0.4, -0.2) is 19.1 Å². The molecule has 0 amide bonds. The van der Waals surface area contributed by atoms with Crippen LogP contribution in [0.2, 0.25) is 0 Å². The van der Waals surface area contributed by atoms with Crippen LogP contribution in [0.3, 0.4) is 0 Å². The van der Waals surface area contributed by atoms with Gasteiger partial charge in [-0.1, -0.05) is 18.2 Å². The van der Waals surface area contributed by atoms with Gasteiger partial charge in [-0.15, -0.1) is 0 Å². The fourth-order valence-electron chi connectivity index (χ4n) is 3.60. The van der Waals surface area contributed by atoms with Crippen LogP contribution < -0.4 is 9.64 Å². The second-order valence-electron chi connectivity index (χ2n) is 7.13. The summed E-state index contributed by atoms with van der Waals surface area (Å²) in [4.78, 5) is 13.9. The molecule has 2 heterocycles. The summed E-state index contributed by atoms with van der Waals surface area (Å²) in [6, 6.07) is 19.5. The third kappa shape index (κ3) is 4.62. The van der Waals surface area contributed by atoms with E-state index in [1.165, 1.54) is 0 Å². The van der Waals surface area contributed by atoms with Crippen LogP contribution in [-0.2, 0) is 11.3 Å². The van der Waals surface area contributed by atoms with Gasteiger partial charge in [0.15, 0.2) is 0 Å². The van der Waals surface area contributed by atoms with E-state index in [1.54, 1.807) is 30.4 Å². The number of esters is 1. The summed E-state index contributed by atoms with van der Waals surface area (Å²) in [6.45, 7) is 3.25. The molecule has 0 bridgehead atoms. The van der Waals surface area contributed by atoms with Crippen molar-refractivity contribution in [1.29, 1.82) is 5.26 Å². The Labute approximate surface area is 185 Å². The van der Waals surface area contributed by atoms with Crippen molar-refractivity contribution in [3.05, 3.63) is 93.8 Å². The van der Waals surface area contributed by atoms with Gasteiger partial charge in [-0.25, -0.2) is 4.79 Å². The molecule has 156 valence electrons. The van der Waals surface area contributed by atoms with Crippen molar-refractivity contribution in [1.82, 2.24) is 0 Å². The van der Waals surface area contributed by atoms with E-state index < -0.39 is 0 Å². The van der Waals surface area contributed by atoms with Crippen molar-refractivity contribution in [3.63, 3.8) is 0 Å². The van der Waals surface area contributed by atoms with Crippen molar-refractivity contribution < 1.29 is 14.3 Å². The summed E-state index contributed by atoms with van der Waals surface area (Å²) in [5.74, 6) is 0.367. The molecular weight excluding hydrogens is 408 g/mol. The first-order valence-electron chi connectivity index (χ1n) is 10.1. The molecular formula is C25H22N2O3S. The predicted molar refractivity (Wildman–Crippen MR) is 121 cm³/mol. The van der Waals surface area contributed by atoms with Gasteiger partial charge in [0.25, 0.3) is 0 Å². The van der Waals surface area contributed by atoms with Gasteiger partial charge in [-0.05, 0) is 59.6 Å². The molecule has 0 N–H and O–H groups in total. The molecule has 1 atom stereocenters. The highest BCUT2D eigenvalue weighted by molar-refractivity contribution is 7.07. The molecule has 0 spiro atoms. The average Bonchev–Trinajstić information content (AvgIpc) is 3.48. The molecule has 1 aromatic heterocycles. The fraction of sp³-hybridized carbons (Fsp3) is 0.200. The van der Waals surface area contributed by atoms with Crippen LogP contribution in [0.1, 0.15) is 34.3 Å². The SMILES string of the molecule is CCOC(=O)c1ccc(N2C=C(C#N)C(c3ccccc3OCc3ccsc3)C2)cc1. The summed E-state index contributed by atoms with van der Waals surface area (Å²) in [5, 5.41) is 13.9. The number of hydrogen-bond donors (Lipinski definition) is 0. The van der Waals surface area contributed by atoms with E-state index in [1.807, 2.05) is 58.9 Å². The number of hydrogen-bond acceptors (Lipinski definition) is 6. The first-order valence-corrected chi connectivity index (χ1v) is 11.0. The Bertz CT molecular complexity index is 1110. The zero-order valence-corrected chi connectivity index (χ0v) is 18.0. The molecule has 6 heteroatoms. The standard InChI is InChI=1S/C25H22N2O3S/c1-2-29-25(28)19-7-9-21(10-8-19)27-14-20(13-26)23(15-27)22-5-3-4-6-24(22)30-16-18-11-12-31-17-18/h3-12,14,17,23H,2,15-16H2,1H3. The van der Waals surface area contributed by atoms with Crippen molar-refractivity contribution in [2.45, 2.75) is 19.4 Å². The van der Waals surface area contributed by atoms with Crippen LogP contribution in [0.5, 0.6) is 5.75 Å². The molecule has 0 aliphatic carbocycles. The predicted octanol–water partition coefficient (Wildman–Crippen LogP) is 5.52. The molecule has 5 nitrogen and oxygen atoms in total. The molecule has 3 aromatic rings. The summed E-state index contributed by atoms with van der Waals surface area (Å²) in [5.41, 5.74) is 4.24. The molecule has 1 aliphatic heterocycles. The van der Waals surface area contributed by atoms with Gasteiger partial charge in [-0.2, -0.15) is 16.6 Å². The first-order chi connectivity index (χ1) is 15.2. The molecule has 0 radical (unpaired) electrons. The molecule has 31 heavy (non-hydrogen) atoms. The van der Waals surface area contributed by atoms with E-state index in [4.69, 9.17) is 9.47 Å². The third-order valence-corrected chi connectivity index (χ3v) is 5.89. The van der Waals surface area contributed by atoms with Gasteiger partial charge in [0.05, 0.1) is 23.8 Å². The summed E-state index contributed by atoms with van der Waals surface area (Å²) in [6.07, 6.45) is 1.87. The third-order valence-electron chi connectivity index (χ3n) is 5.16. The second kappa shape index (κ2) is 9.50. The summed E-state index contributed by atoms with van der Waals surface area (Å²) >= 11 is 1.64. The molecule has 0 saturated carbocycles. The lowest BCUT2D eigenvalue weighted by Gasteiger charge is -2.20. The minimum atomic E-state index is -0.335. The normalized spacial score (nSPS) is 15.3. The van der Waals surface area contributed by atoms with Crippen LogP contribution in [0, 0.1) is 11.3 Å². The Balaban J connectivity index is 1.53. The summed E-state index contributed by atoms with van der Waals surface area (Å²) in [7, 11) is 0. The summed E-state index contributed by atoms with van der Waals surface area (Å²) < 4.78 is 11.1. The first kappa shape index (κ1) is 20.7. The molecule has 1 aliphatic rings. The number of nitrogens with zero attached hydrogens (tertiary/aromatic N) is 2. The maximum atomic E-state index is 11.9. The number of carbonyl (C=O) groups excluding carboxylic acids is 1. The monoisotopic (exact) mass is 430 g/mol. The Kier molecular flexibility index (Phi) is 6.34. The highest BCUT2D eigenvalue weighted by atomic mass is 32.1. The number of para-hydroxylation sites is 1. The van der Waals surface area contributed by atoms with Crippen molar-refractivity contribution in [2.24, 2.45) is 0 Å². The Morgan fingerprint density at radius 1 is 1.19 bits per heavy atom. The van der Waals surface area contributed by atoms with Crippen molar-refractivity contribution >= 4 is 23.0 Å². The van der Waals surface area contributed by atoms with E-state index in [0.29, 0.717) is 30.9 Å². The van der Waals surface area contributed by atoms with Gasteiger partial charge >= 0.3 is 5.97 Å². The van der Waals surface area contributed by atoms with Crippen LogP contribution in [0.25, 0.3) is 0 Å². The topological polar surface area (TPSA) is 62.6 Å². The smallest absolute Gasteiger partial charge is 0.338 e. The molecule has 1 unspecified atom stereocenters. The van der Waals surface area contributed by atoms with E-state index in [-0.39, 0.29) is 11.9 Å². The number of ether oxygens (including phenoxy) is 2. The molecule has 0 fully saturated rings. The maximum Gasteiger partial charge on any atom is 0.338 e. The van der Waals surface area contributed by atoms with Crippen LogP contribution >= 0.6 is 11.3 Å². The van der Waals surface area contributed by atoms with Crippen LogP contribution in [0.15, 0.2) is 77.1 Å². The Hall–Kier alpha value is -3.56. The lowest BCUT2D eigenvalue weighted by atomic mass is 9.93.